The molecule has 0 radical (unpaired) electrons. The minimum atomic E-state index is -0.100. The highest BCUT2D eigenvalue weighted by molar-refractivity contribution is 7.99. The van der Waals surface area contributed by atoms with Crippen LogP contribution in [-0.2, 0) is 0 Å². The number of hydrogen-bond donors (Lipinski definition) is 0. The quantitative estimate of drug-likeness (QED) is 0.552. The maximum absolute atomic E-state index is 8.66. The van der Waals surface area contributed by atoms with Crippen LogP contribution in [0.25, 0.3) is 0 Å². The lowest BCUT2D eigenvalue weighted by molar-refractivity contribution is 0.879. The first kappa shape index (κ1) is 11.0. The van der Waals surface area contributed by atoms with Gasteiger partial charge in [0.15, 0.2) is 5.16 Å². The van der Waals surface area contributed by atoms with E-state index in [1.54, 1.807) is 0 Å². The first-order valence-corrected chi connectivity index (χ1v) is 5.30. The molecule has 1 rings (SSSR count). The smallest absolute Gasteiger partial charge is 0.189 e. The Morgan fingerprint density at radius 3 is 2.14 bits per heavy atom. The Kier molecular flexibility index (Phi) is 3.48. The summed E-state index contributed by atoms with van der Waals surface area (Å²) in [5.41, 5.74) is 3.11. The van der Waals surface area contributed by atoms with Crippen LogP contribution in [0.3, 0.4) is 0 Å². The van der Waals surface area contributed by atoms with Gasteiger partial charge in [-0.15, -0.1) is 0 Å². The molecule has 14 heavy (non-hydrogen) atoms. The van der Waals surface area contributed by atoms with E-state index in [2.05, 4.69) is 16.0 Å². The summed E-state index contributed by atoms with van der Waals surface area (Å²) in [6, 6.07) is 2.15. The molecule has 0 saturated carbocycles. The lowest BCUT2D eigenvalue weighted by Gasteiger charge is -2.06. The van der Waals surface area contributed by atoms with Crippen LogP contribution in [0, 0.1) is 32.1 Å². The number of aromatic nitrogens is 2. The van der Waals surface area contributed by atoms with Gasteiger partial charge in [-0.1, -0.05) is 11.8 Å². The Bertz CT molecular complexity index is 358. The van der Waals surface area contributed by atoms with Crippen LogP contribution in [-0.4, -0.2) is 15.2 Å². The van der Waals surface area contributed by atoms with Crippen LogP contribution in [0.2, 0.25) is 0 Å². The first-order chi connectivity index (χ1) is 6.54. The monoisotopic (exact) mass is 207 g/mol. The molecule has 0 aliphatic rings. The average Bonchev–Trinajstić information content (AvgIpc) is 2.14. The number of thioether (sulfide) groups is 1. The van der Waals surface area contributed by atoms with Crippen molar-refractivity contribution in [3.8, 4) is 6.07 Å². The van der Waals surface area contributed by atoms with Crippen molar-refractivity contribution in [2.45, 2.75) is 38.1 Å². The van der Waals surface area contributed by atoms with Gasteiger partial charge >= 0.3 is 0 Å². The van der Waals surface area contributed by atoms with Crippen molar-refractivity contribution in [2.24, 2.45) is 0 Å². The summed E-state index contributed by atoms with van der Waals surface area (Å²) in [6.07, 6.45) is 0. The molecule has 4 heteroatoms. The molecule has 1 aromatic heterocycles. The summed E-state index contributed by atoms with van der Waals surface area (Å²) in [7, 11) is 0. The number of aryl methyl sites for hydroxylation is 2. The van der Waals surface area contributed by atoms with Gasteiger partial charge < -0.3 is 0 Å². The minimum absolute atomic E-state index is 0.100. The molecule has 0 N–H and O–H groups in total. The predicted molar refractivity (Wildman–Crippen MR) is 57.2 cm³/mol. The molecular formula is C10H13N3S. The molecular weight excluding hydrogens is 194 g/mol. The SMILES string of the molecule is Cc1nc(SC(C)C#N)nc(C)c1C. The Balaban J connectivity index is 2.97. The summed E-state index contributed by atoms with van der Waals surface area (Å²) in [6.45, 7) is 7.78. The van der Waals surface area contributed by atoms with Gasteiger partial charge in [0.2, 0.25) is 0 Å². The van der Waals surface area contributed by atoms with Crippen molar-refractivity contribution >= 4 is 11.8 Å². The third kappa shape index (κ3) is 2.46. The summed E-state index contributed by atoms with van der Waals surface area (Å²) < 4.78 is 0. The second-order valence-corrected chi connectivity index (χ2v) is 4.50. The van der Waals surface area contributed by atoms with Crippen molar-refractivity contribution in [1.82, 2.24) is 9.97 Å². The molecule has 1 aromatic rings. The van der Waals surface area contributed by atoms with Gasteiger partial charge in [-0.3, -0.25) is 0 Å². The van der Waals surface area contributed by atoms with Gasteiger partial charge in [-0.2, -0.15) is 5.26 Å². The molecule has 0 bridgehead atoms. The summed E-state index contributed by atoms with van der Waals surface area (Å²) >= 11 is 1.40. The van der Waals surface area contributed by atoms with E-state index in [4.69, 9.17) is 5.26 Å². The highest BCUT2D eigenvalue weighted by atomic mass is 32.2. The topological polar surface area (TPSA) is 49.6 Å². The first-order valence-electron chi connectivity index (χ1n) is 4.42. The van der Waals surface area contributed by atoms with Crippen LogP contribution in [0.4, 0.5) is 0 Å². The van der Waals surface area contributed by atoms with Crippen molar-refractivity contribution in [3.05, 3.63) is 17.0 Å². The fourth-order valence-corrected chi connectivity index (χ4v) is 1.73. The Labute approximate surface area is 88.6 Å². The number of nitriles is 1. The van der Waals surface area contributed by atoms with E-state index < -0.39 is 0 Å². The second-order valence-electron chi connectivity index (χ2n) is 3.19. The molecule has 0 saturated heterocycles. The van der Waals surface area contributed by atoms with E-state index in [0.29, 0.717) is 5.16 Å². The maximum Gasteiger partial charge on any atom is 0.189 e. The lowest BCUT2D eigenvalue weighted by Crippen LogP contribution is -2.00. The Hall–Kier alpha value is -1.08. The van der Waals surface area contributed by atoms with E-state index >= 15 is 0 Å². The van der Waals surface area contributed by atoms with Gasteiger partial charge in [0.1, 0.15) is 0 Å². The van der Waals surface area contributed by atoms with E-state index in [0.717, 1.165) is 17.0 Å². The summed E-state index contributed by atoms with van der Waals surface area (Å²) in [5.74, 6) is 0. The van der Waals surface area contributed by atoms with Crippen molar-refractivity contribution < 1.29 is 0 Å². The third-order valence-electron chi connectivity index (χ3n) is 2.08. The molecule has 1 atom stereocenters. The molecule has 0 aliphatic heterocycles. The van der Waals surface area contributed by atoms with E-state index in [1.165, 1.54) is 11.8 Å². The highest BCUT2D eigenvalue weighted by Gasteiger charge is 2.08. The number of nitrogens with zero attached hydrogens (tertiary/aromatic N) is 3. The van der Waals surface area contributed by atoms with E-state index in [1.807, 2.05) is 27.7 Å². The molecule has 74 valence electrons. The van der Waals surface area contributed by atoms with Gasteiger partial charge in [-0.05, 0) is 33.3 Å². The Morgan fingerprint density at radius 2 is 1.71 bits per heavy atom. The van der Waals surface area contributed by atoms with Gasteiger partial charge in [0.25, 0.3) is 0 Å². The predicted octanol–water partition coefficient (Wildman–Crippen LogP) is 2.41. The minimum Gasteiger partial charge on any atom is -0.228 e. The summed E-state index contributed by atoms with van der Waals surface area (Å²) in [4.78, 5) is 8.64. The van der Waals surface area contributed by atoms with Crippen molar-refractivity contribution in [3.63, 3.8) is 0 Å². The zero-order chi connectivity index (χ0) is 10.7. The standard InChI is InChI=1S/C10H13N3S/c1-6(5-11)14-10-12-8(3)7(2)9(4)13-10/h6H,1-4H3. The zero-order valence-corrected chi connectivity index (χ0v) is 9.64. The largest absolute Gasteiger partial charge is 0.228 e. The number of rotatable bonds is 2. The molecule has 3 nitrogen and oxygen atoms in total. The van der Waals surface area contributed by atoms with Crippen LogP contribution >= 0.6 is 11.8 Å². The zero-order valence-electron chi connectivity index (χ0n) is 8.83. The van der Waals surface area contributed by atoms with Crippen LogP contribution in [0.5, 0.6) is 0 Å². The van der Waals surface area contributed by atoms with Crippen LogP contribution < -0.4 is 0 Å². The van der Waals surface area contributed by atoms with Gasteiger partial charge in [-0.25, -0.2) is 9.97 Å². The summed E-state index contributed by atoms with van der Waals surface area (Å²) in [5, 5.41) is 9.26. The van der Waals surface area contributed by atoms with Crippen molar-refractivity contribution in [2.75, 3.05) is 0 Å². The molecule has 0 fully saturated rings. The molecule has 0 aromatic carbocycles. The van der Waals surface area contributed by atoms with Crippen molar-refractivity contribution in [1.29, 1.82) is 5.26 Å². The molecule has 1 heterocycles. The highest BCUT2D eigenvalue weighted by Crippen LogP contribution is 2.20. The van der Waals surface area contributed by atoms with E-state index in [-0.39, 0.29) is 5.25 Å². The average molecular weight is 207 g/mol. The molecule has 0 amide bonds. The van der Waals surface area contributed by atoms with Gasteiger partial charge in [0.05, 0.1) is 11.3 Å². The normalized spacial score (nSPS) is 12.2. The molecule has 1 unspecified atom stereocenters. The van der Waals surface area contributed by atoms with E-state index in [9.17, 15) is 0 Å². The fraction of sp³-hybridized carbons (Fsp3) is 0.500. The lowest BCUT2D eigenvalue weighted by atomic mass is 10.2. The number of hydrogen-bond acceptors (Lipinski definition) is 4. The molecule has 0 aliphatic carbocycles. The third-order valence-corrected chi connectivity index (χ3v) is 2.93. The maximum atomic E-state index is 8.66. The van der Waals surface area contributed by atoms with Crippen LogP contribution in [0.1, 0.15) is 23.9 Å². The second kappa shape index (κ2) is 4.43. The van der Waals surface area contributed by atoms with Gasteiger partial charge in [0, 0.05) is 11.4 Å². The molecule has 0 spiro atoms. The fourth-order valence-electron chi connectivity index (χ4n) is 0.979. The Morgan fingerprint density at radius 1 is 1.21 bits per heavy atom. The van der Waals surface area contributed by atoms with Crippen LogP contribution in [0.15, 0.2) is 5.16 Å².